The fourth-order valence-electron chi connectivity index (χ4n) is 3.15. The van der Waals surface area contributed by atoms with Crippen LogP contribution in [0.1, 0.15) is 26.3 Å². The van der Waals surface area contributed by atoms with E-state index in [1.807, 2.05) is 6.07 Å². The van der Waals surface area contributed by atoms with Gasteiger partial charge >= 0.3 is 0 Å². The van der Waals surface area contributed by atoms with E-state index in [0.29, 0.717) is 0 Å². The Balaban J connectivity index is 2.03. The van der Waals surface area contributed by atoms with Gasteiger partial charge in [-0.3, -0.25) is 0 Å². The highest BCUT2D eigenvalue weighted by molar-refractivity contribution is 5.65. The van der Waals surface area contributed by atoms with E-state index in [1.54, 1.807) is 0 Å². The van der Waals surface area contributed by atoms with Gasteiger partial charge in [-0.25, -0.2) is 4.98 Å². The van der Waals surface area contributed by atoms with Gasteiger partial charge in [0, 0.05) is 37.8 Å². The molecule has 0 aliphatic heterocycles. The summed E-state index contributed by atoms with van der Waals surface area (Å²) in [6.45, 7) is 9.95. The van der Waals surface area contributed by atoms with Crippen LogP contribution in [0.15, 0.2) is 66.7 Å². The van der Waals surface area contributed by atoms with Gasteiger partial charge in [0.15, 0.2) is 0 Å². The number of rotatable bonds is 8. The largest absolute Gasteiger partial charge is 0.352 e. The van der Waals surface area contributed by atoms with Crippen LogP contribution in [-0.4, -0.2) is 29.6 Å². The van der Waals surface area contributed by atoms with E-state index in [-0.39, 0.29) is 0 Å². The van der Waals surface area contributed by atoms with E-state index in [9.17, 15) is 0 Å². The van der Waals surface area contributed by atoms with E-state index < -0.39 is 0 Å². The van der Waals surface area contributed by atoms with Crippen molar-refractivity contribution in [1.29, 1.82) is 0 Å². The van der Waals surface area contributed by atoms with Crippen LogP contribution in [0.2, 0.25) is 0 Å². The molecule has 0 fully saturated rings. The van der Waals surface area contributed by atoms with Gasteiger partial charge in [-0.2, -0.15) is 4.98 Å². The Kier molecular flexibility index (Phi) is 6.42. The Morgan fingerprint density at radius 2 is 1.30 bits per heavy atom. The first-order valence-corrected chi connectivity index (χ1v) is 9.73. The van der Waals surface area contributed by atoms with Gasteiger partial charge < -0.3 is 9.80 Å². The number of nitrogens with zero attached hydrogens (tertiary/aromatic N) is 4. The van der Waals surface area contributed by atoms with Gasteiger partial charge in [-0.05, 0) is 26.3 Å². The summed E-state index contributed by atoms with van der Waals surface area (Å²) in [5.74, 6) is 1.76. The summed E-state index contributed by atoms with van der Waals surface area (Å²) in [5, 5.41) is 0. The van der Waals surface area contributed by atoms with Crippen LogP contribution in [0.4, 0.5) is 11.8 Å². The van der Waals surface area contributed by atoms with Crippen LogP contribution in [0.3, 0.4) is 0 Å². The molecule has 0 saturated carbocycles. The Morgan fingerprint density at radius 3 is 1.89 bits per heavy atom. The summed E-state index contributed by atoms with van der Waals surface area (Å²) in [5.41, 5.74) is 3.36. The normalized spacial score (nSPS) is 10.6. The summed E-state index contributed by atoms with van der Waals surface area (Å²) >= 11 is 0. The van der Waals surface area contributed by atoms with Crippen molar-refractivity contribution in [3.05, 3.63) is 72.3 Å². The molecule has 1 aromatic heterocycles. The minimum Gasteiger partial charge on any atom is -0.352 e. The number of hydrogen-bond acceptors (Lipinski definition) is 4. The molecule has 1 heterocycles. The van der Waals surface area contributed by atoms with Crippen molar-refractivity contribution in [3.8, 4) is 11.3 Å². The zero-order valence-corrected chi connectivity index (χ0v) is 16.5. The first-order valence-electron chi connectivity index (χ1n) is 9.73. The van der Waals surface area contributed by atoms with E-state index in [4.69, 9.17) is 9.97 Å². The molecule has 3 rings (SSSR count). The number of anilines is 2. The molecular weight excluding hydrogens is 332 g/mol. The molecule has 2 aromatic carbocycles. The van der Waals surface area contributed by atoms with Crippen molar-refractivity contribution in [3.63, 3.8) is 0 Å². The van der Waals surface area contributed by atoms with Gasteiger partial charge in [-0.1, -0.05) is 60.7 Å². The van der Waals surface area contributed by atoms with Crippen molar-refractivity contribution in [2.45, 2.75) is 27.3 Å². The summed E-state index contributed by atoms with van der Waals surface area (Å²) in [7, 11) is 0. The third-order valence-corrected chi connectivity index (χ3v) is 4.74. The molecular formula is C23H28N4. The molecule has 0 amide bonds. The lowest BCUT2D eigenvalue weighted by atomic mass is 10.1. The summed E-state index contributed by atoms with van der Waals surface area (Å²) in [6.07, 6.45) is 0. The molecule has 0 aliphatic rings. The van der Waals surface area contributed by atoms with Crippen molar-refractivity contribution in [1.82, 2.24) is 9.97 Å². The number of benzene rings is 2. The van der Waals surface area contributed by atoms with Crippen LogP contribution < -0.4 is 9.80 Å². The topological polar surface area (TPSA) is 32.3 Å². The average molecular weight is 361 g/mol. The zero-order valence-electron chi connectivity index (χ0n) is 16.5. The zero-order chi connectivity index (χ0) is 19.1. The maximum atomic E-state index is 4.91. The maximum Gasteiger partial charge on any atom is 0.227 e. The van der Waals surface area contributed by atoms with Gasteiger partial charge in [0.25, 0.3) is 0 Å². The van der Waals surface area contributed by atoms with E-state index >= 15 is 0 Å². The summed E-state index contributed by atoms with van der Waals surface area (Å²) in [4.78, 5) is 14.3. The van der Waals surface area contributed by atoms with Crippen LogP contribution in [0.25, 0.3) is 11.3 Å². The van der Waals surface area contributed by atoms with E-state index in [1.165, 1.54) is 5.56 Å². The molecule has 0 aliphatic carbocycles. The highest BCUT2D eigenvalue weighted by Gasteiger charge is 2.15. The van der Waals surface area contributed by atoms with E-state index in [0.717, 1.165) is 49.2 Å². The molecule has 4 nitrogen and oxygen atoms in total. The predicted molar refractivity (Wildman–Crippen MR) is 114 cm³/mol. The number of hydrogen-bond donors (Lipinski definition) is 0. The molecule has 0 spiro atoms. The Morgan fingerprint density at radius 1 is 0.704 bits per heavy atom. The minimum absolute atomic E-state index is 0.794. The molecule has 0 unspecified atom stereocenters. The highest BCUT2D eigenvalue weighted by atomic mass is 15.3. The van der Waals surface area contributed by atoms with Crippen LogP contribution >= 0.6 is 0 Å². The molecule has 0 atom stereocenters. The van der Waals surface area contributed by atoms with Crippen molar-refractivity contribution < 1.29 is 0 Å². The third-order valence-electron chi connectivity index (χ3n) is 4.74. The molecule has 0 saturated heterocycles. The summed E-state index contributed by atoms with van der Waals surface area (Å²) < 4.78 is 0. The van der Waals surface area contributed by atoms with Gasteiger partial charge in [0.2, 0.25) is 5.95 Å². The quantitative estimate of drug-likeness (QED) is 0.565. The highest BCUT2D eigenvalue weighted by Crippen LogP contribution is 2.25. The molecule has 0 N–H and O–H groups in total. The Bertz CT molecular complexity index is 830. The molecule has 27 heavy (non-hydrogen) atoms. The maximum absolute atomic E-state index is 4.91. The van der Waals surface area contributed by atoms with Crippen molar-refractivity contribution in [2.75, 3.05) is 29.4 Å². The fourth-order valence-corrected chi connectivity index (χ4v) is 3.15. The molecule has 3 aromatic rings. The molecule has 0 bridgehead atoms. The van der Waals surface area contributed by atoms with Crippen molar-refractivity contribution in [2.24, 2.45) is 0 Å². The second-order valence-corrected chi connectivity index (χ2v) is 6.45. The smallest absolute Gasteiger partial charge is 0.227 e. The number of aromatic nitrogens is 2. The lowest BCUT2D eigenvalue weighted by Crippen LogP contribution is -2.27. The van der Waals surface area contributed by atoms with E-state index in [2.05, 4.69) is 91.2 Å². The Labute approximate surface area is 162 Å². The standard InChI is InChI=1S/C23H28N4/c1-4-26(5-2)23-24-21(20-15-11-8-12-16-20)17-22(25-23)27(6-3)18-19-13-9-7-10-14-19/h7-17H,4-6,18H2,1-3H3. The monoisotopic (exact) mass is 360 g/mol. The molecule has 140 valence electrons. The predicted octanol–water partition coefficient (Wildman–Crippen LogP) is 5.02. The van der Waals surface area contributed by atoms with Gasteiger partial charge in [-0.15, -0.1) is 0 Å². The Hall–Kier alpha value is -2.88. The van der Waals surface area contributed by atoms with Crippen molar-refractivity contribution >= 4 is 11.8 Å². The average Bonchev–Trinajstić information content (AvgIpc) is 2.74. The molecule has 4 heteroatoms. The van der Waals surface area contributed by atoms with Gasteiger partial charge in [0.1, 0.15) is 5.82 Å². The summed E-state index contributed by atoms with van der Waals surface area (Å²) in [6, 6.07) is 23.0. The molecule has 0 radical (unpaired) electrons. The van der Waals surface area contributed by atoms with Gasteiger partial charge in [0.05, 0.1) is 5.69 Å². The van der Waals surface area contributed by atoms with Crippen LogP contribution in [0, 0.1) is 0 Å². The first-order chi connectivity index (χ1) is 13.2. The lowest BCUT2D eigenvalue weighted by molar-refractivity contribution is 0.786. The SMILES string of the molecule is CCN(Cc1ccccc1)c1cc(-c2ccccc2)nc(N(CC)CC)n1. The fraction of sp³-hybridized carbons (Fsp3) is 0.304. The van der Waals surface area contributed by atoms with Crippen LogP contribution in [-0.2, 0) is 6.54 Å². The third kappa shape index (κ3) is 4.64. The van der Waals surface area contributed by atoms with Crippen LogP contribution in [0.5, 0.6) is 0 Å². The second kappa shape index (κ2) is 9.17. The lowest BCUT2D eigenvalue weighted by Gasteiger charge is -2.26. The first kappa shape index (κ1) is 18.9. The second-order valence-electron chi connectivity index (χ2n) is 6.45. The minimum atomic E-state index is 0.794.